The van der Waals surface area contributed by atoms with E-state index in [-0.39, 0.29) is 5.56 Å². The summed E-state index contributed by atoms with van der Waals surface area (Å²) in [6.07, 6.45) is -9.76. The second kappa shape index (κ2) is 7.28. The molecule has 0 saturated heterocycles. The standard InChI is InChI=1S/C17H17F11O/c1-9(2)10-6-4-5-7-11(10)12(3,29)8-13(18,19)14(20,21)15(22,23)16(24,25)17(26,27)28/h4-7,9,29H,8H2,1-3H3. The van der Waals surface area contributed by atoms with Crippen LogP contribution in [0.1, 0.15) is 44.2 Å². The van der Waals surface area contributed by atoms with Gasteiger partial charge in [-0.3, -0.25) is 0 Å². The van der Waals surface area contributed by atoms with Crippen molar-refractivity contribution < 1.29 is 53.4 Å². The molecule has 0 aromatic heterocycles. The number of hydrogen-bond acceptors (Lipinski definition) is 1. The summed E-state index contributed by atoms with van der Waals surface area (Å²) in [5.41, 5.74) is -3.20. The van der Waals surface area contributed by atoms with Crippen molar-refractivity contribution in [3.8, 4) is 0 Å². The summed E-state index contributed by atoms with van der Waals surface area (Å²) in [4.78, 5) is 0. The molecule has 168 valence electrons. The van der Waals surface area contributed by atoms with Gasteiger partial charge in [-0.2, -0.15) is 48.3 Å². The van der Waals surface area contributed by atoms with Crippen molar-refractivity contribution in [1.82, 2.24) is 0 Å². The summed E-state index contributed by atoms with van der Waals surface area (Å²) < 4.78 is 144. The maximum absolute atomic E-state index is 14.0. The average Bonchev–Trinajstić information content (AvgIpc) is 2.52. The Labute approximate surface area is 158 Å². The summed E-state index contributed by atoms with van der Waals surface area (Å²) in [5, 5.41) is 10.3. The van der Waals surface area contributed by atoms with Crippen molar-refractivity contribution in [2.45, 2.75) is 68.6 Å². The van der Waals surface area contributed by atoms with E-state index in [1.807, 2.05) is 0 Å². The average molecular weight is 446 g/mol. The molecule has 1 aromatic rings. The molecule has 0 fully saturated rings. The molecule has 1 N–H and O–H groups in total. The van der Waals surface area contributed by atoms with E-state index in [1.54, 1.807) is 0 Å². The quantitative estimate of drug-likeness (QED) is 0.474. The number of aliphatic hydroxyl groups is 1. The third kappa shape index (κ3) is 4.17. The van der Waals surface area contributed by atoms with E-state index >= 15 is 0 Å². The number of benzene rings is 1. The zero-order chi connectivity index (χ0) is 23.3. The summed E-state index contributed by atoms with van der Waals surface area (Å²) in [6, 6.07) is 4.95. The van der Waals surface area contributed by atoms with Gasteiger partial charge in [0, 0.05) is 0 Å². The number of alkyl halides is 11. The predicted molar refractivity (Wildman–Crippen MR) is 80.6 cm³/mol. The maximum Gasteiger partial charge on any atom is 0.460 e. The van der Waals surface area contributed by atoms with Crippen LogP contribution in [-0.4, -0.2) is 35.0 Å². The Kier molecular flexibility index (Phi) is 6.38. The van der Waals surface area contributed by atoms with Crippen molar-refractivity contribution in [1.29, 1.82) is 0 Å². The van der Waals surface area contributed by atoms with Crippen molar-refractivity contribution in [3.05, 3.63) is 35.4 Å². The van der Waals surface area contributed by atoms with Crippen LogP contribution in [0.2, 0.25) is 0 Å². The van der Waals surface area contributed by atoms with E-state index in [9.17, 15) is 53.4 Å². The largest absolute Gasteiger partial charge is 0.460 e. The third-order valence-electron chi connectivity index (χ3n) is 4.33. The number of halogens is 11. The van der Waals surface area contributed by atoms with E-state index in [2.05, 4.69) is 0 Å². The van der Waals surface area contributed by atoms with Crippen LogP contribution < -0.4 is 0 Å². The molecule has 0 saturated carbocycles. The fraction of sp³-hybridized carbons (Fsp3) is 0.647. The Bertz CT molecular complexity index is 720. The molecule has 1 rings (SSSR count). The molecule has 12 heteroatoms. The van der Waals surface area contributed by atoms with Crippen molar-refractivity contribution in [3.63, 3.8) is 0 Å². The van der Waals surface area contributed by atoms with Crippen LogP contribution in [0.15, 0.2) is 24.3 Å². The Morgan fingerprint density at radius 3 is 1.62 bits per heavy atom. The van der Waals surface area contributed by atoms with Gasteiger partial charge in [-0.25, -0.2) is 0 Å². The van der Waals surface area contributed by atoms with Gasteiger partial charge in [-0.05, 0) is 24.0 Å². The molecule has 29 heavy (non-hydrogen) atoms. The highest BCUT2D eigenvalue weighted by Crippen LogP contribution is 2.59. The number of hydrogen-bond donors (Lipinski definition) is 1. The van der Waals surface area contributed by atoms with Crippen LogP contribution in [0.5, 0.6) is 0 Å². The third-order valence-corrected chi connectivity index (χ3v) is 4.33. The molecule has 0 aliphatic heterocycles. The van der Waals surface area contributed by atoms with Crippen LogP contribution in [0, 0.1) is 0 Å². The first-order valence-corrected chi connectivity index (χ1v) is 8.03. The van der Waals surface area contributed by atoms with Gasteiger partial charge in [0.15, 0.2) is 0 Å². The SMILES string of the molecule is CC(C)c1ccccc1C(C)(O)CC(F)(F)C(F)(F)C(F)(F)C(F)(F)C(F)(F)F. The first kappa shape index (κ1) is 25.4. The minimum Gasteiger partial charge on any atom is -0.385 e. The van der Waals surface area contributed by atoms with E-state index in [1.165, 1.54) is 32.0 Å². The van der Waals surface area contributed by atoms with E-state index < -0.39 is 53.4 Å². The minimum atomic E-state index is -7.49. The van der Waals surface area contributed by atoms with Crippen LogP contribution in [0.4, 0.5) is 48.3 Å². The lowest BCUT2D eigenvalue weighted by molar-refractivity contribution is -0.424. The molecule has 0 bridgehead atoms. The summed E-state index contributed by atoms with van der Waals surface area (Å²) in [6.45, 7) is 3.59. The molecule has 0 spiro atoms. The zero-order valence-electron chi connectivity index (χ0n) is 15.2. The Morgan fingerprint density at radius 1 is 0.759 bits per heavy atom. The molecule has 0 amide bonds. The second-order valence-corrected chi connectivity index (χ2v) is 7.12. The number of rotatable bonds is 7. The van der Waals surface area contributed by atoms with E-state index in [4.69, 9.17) is 0 Å². The van der Waals surface area contributed by atoms with Gasteiger partial charge in [-0.15, -0.1) is 0 Å². The molecule has 0 aliphatic rings. The predicted octanol–water partition coefficient (Wildman–Crippen LogP) is 6.51. The lowest BCUT2D eigenvalue weighted by Gasteiger charge is -2.40. The van der Waals surface area contributed by atoms with Crippen LogP contribution in [-0.2, 0) is 5.60 Å². The molecule has 1 unspecified atom stereocenters. The Hall–Kier alpha value is -1.59. The van der Waals surface area contributed by atoms with Gasteiger partial charge in [-0.1, -0.05) is 38.1 Å². The summed E-state index contributed by atoms with van der Waals surface area (Å²) >= 11 is 0. The van der Waals surface area contributed by atoms with Crippen molar-refractivity contribution >= 4 is 0 Å². The van der Waals surface area contributed by atoms with Gasteiger partial charge in [0.25, 0.3) is 0 Å². The normalized spacial score (nSPS) is 16.8. The zero-order valence-corrected chi connectivity index (χ0v) is 15.2. The lowest BCUT2D eigenvalue weighted by Crippen LogP contribution is -2.67. The monoisotopic (exact) mass is 446 g/mol. The molecular weight excluding hydrogens is 429 g/mol. The molecule has 1 nitrogen and oxygen atoms in total. The second-order valence-electron chi connectivity index (χ2n) is 7.12. The van der Waals surface area contributed by atoms with E-state index in [0.717, 1.165) is 6.07 Å². The topological polar surface area (TPSA) is 20.2 Å². The smallest absolute Gasteiger partial charge is 0.385 e. The fourth-order valence-corrected chi connectivity index (χ4v) is 2.73. The van der Waals surface area contributed by atoms with Crippen LogP contribution in [0.3, 0.4) is 0 Å². The minimum absolute atomic E-state index is 0.156. The Morgan fingerprint density at radius 2 is 1.21 bits per heavy atom. The Balaban J connectivity index is 3.44. The van der Waals surface area contributed by atoms with Gasteiger partial charge < -0.3 is 5.11 Å². The highest BCUT2D eigenvalue weighted by Gasteiger charge is 2.87. The molecule has 0 heterocycles. The first-order chi connectivity index (χ1) is 12.6. The van der Waals surface area contributed by atoms with Gasteiger partial charge >= 0.3 is 29.9 Å². The molecule has 1 atom stereocenters. The highest BCUT2D eigenvalue weighted by atomic mass is 19.4. The van der Waals surface area contributed by atoms with Crippen LogP contribution >= 0.6 is 0 Å². The van der Waals surface area contributed by atoms with Gasteiger partial charge in [0.05, 0.1) is 12.0 Å². The first-order valence-electron chi connectivity index (χ1n) is 8.03. The van der Waals surface area contributed by atoms with Crippen LogP contribution in [0.25, 0.3) is 0 Å². The highest BCUT2D eigenvalue weighted by molar-refractivity contribution is 5.34. The lowest BCUT2D eigenvalue weighted by atomic mass is 9.81. The summed E-state index contributed by atoms with van der Waals surface area (Å²) in [5.74, 6) is -28.7. The fourth-order valence-electron chi connectivity index (χ4n) is 2.73. The van der Waals surface area contributed by atoms with Gasteiger partial charge in [0.2, 0.25) is 0 Å². The molecular formula is C17H17F11O. The van der Waals surface area contributed by atoms with E-state index in [0.29, 0.717) is 6.92 Å². The van der Waals surface area contributed by atoms with Crippen molar-refractivity contribution in [2.24, 2.45) is 0 Å². The van der Waals surface area contributed by atoms with Gasteiger partial charge in [0.1, 0.15) is 0 Å². The molecule has 1 aromatic carbocycles. The molecule has 0 radical (unpaired) electrons. The molecule has 0 aliphatic carbocycles. The summed E-state index contributed by atoms with van der Waals surface area (Å²) in [7, 11) is 0. The van der Waals surface area contributed by atoms with Crippen molar-refractivity contribution in [2.75, 3.05) is 0 Å². The maximum atomic E-state index is 14.0.